The minimum atomic E-state index is -1.10. The molecule has 4 aromatic rings. The SMILES string of the molecule is CCc1cc(-n2ccnc2)cc(C)c1C(=O)NC(Cc1ccc(C2=NC(CNc3ccccn3)CO2)cc1)C(=O)O. The molecule has 0 bridgehead atoms. The number of aliphatic imine (C=N–C) groups is 1. The number of pyridine rings is 1. The molecule has 210 valence electrons. The fraction of sp³-hybridized carbons (Fsp3) is 0.258. The molecule has 0 saturated heterocycles. The zero-order valence-corrected chi connectivity index (χ0v) is 22.9. The van der Waals surface area contributed by atoms with Crippen LogP contribution >= 0.6 is 0 Å². The van der Waals surface area contributed by atoms with Crippen molar-refractivity contribution < 1.29 is 19.4 Å². The van der Waals surface area contributed by atoms with E-state index in [1.165, 1.54) is 0 Å². The van der Waals surface area contributed by atoms with E-state index in [9.17, 15) is 14.7 Å². The number of aromatic nitrogens is 3. The molecular formula is C31H32N6O4. The number of anilines is 1. The molecule has 0 radical (unpaired) electrons. The average molecular weight is 553 g/mol. The number of nitrogens with zero attached hydrogens (tertiary/aromatic N) is 4. The molecule has 2 atom stereocenters. The van der Waals surface area contributed by atoms with Crippen LogP contribution in [0.5, 0.6) is 0 Å². The van der Waals surface area contributed by atoms with Crippen molar-refractivity contribution in [1.29, 1.82) is 0 Å². The van der Waals surface area contributed by atoms with Gasteiger partial charge < -0.3 is 25.0 Å². The molecule has 10 heteroatoms. The number of benzene rings is 2. The number of carboxylic acids is 1. The van der Waals surface area contributed by atoms with E-state index in [1.807, 2.05) is 79.2 Å². The molecule has 3 heterocycles. The number of nitrogens with one attached hydrogen (secondary N) is 2. The van der Waals surface area contributed by atoms with Crippen molar-refractivity contribution in [3.05, 3.63) is 107 Å². The lowest BCUT2D eigenvalue weighted by Crippen LogP contribution is -2.42. The summed E-state index contributed by atoms with van der Waals surface area (Å²) in [5.41, 5.74) is 4.59. The summed E-state index contributed by atoms with van der Waals surface area (Å²) in [6, 6.07) is 15.8. The monoisotopic (exact) mass is 552 g/mol. The first-order chi connectivity index (χ1) is 19.9. The highest BCUT2D eigenvalue weighted by Gasteiger charge is 2.25. The molecule has 0 saturated carbocycles. The van der Waals surface area contributed by atoms with Gasteiger partial charge in [-0.2, -0.15) is 0 Å². The van der Waals surface area contributed by atoms with Crippen LogP contribution in [0.3, 0.4) is 0 Å². The second-order valence-electron chi connectivity index (χ2n) is 9.88. The van der Waals surface area contributed by atoms with Crippen molar-refractivity contribution in [3.8, 4) is 5.69 Å². The first kappa shape index (κ1) is 27.6. The smallest absolute Gasteiger partial charge is 0.326 e. The van der Waals surface area contributed by atoms with Crippen molar-refractivity contribution in [2.45, 2.75) is 38.8 Å². The Balaban J connectivity index is 1.23. The lowest BCUT2D eigenvalue weighted by atomic mass is 9.97. The van der Waals surface area contributed by atoms with Crippen LogP contribution in [0.1, 0.15) is 39.5 Å². The van der Waals surface area contributed by atoms with Gasteiger partial charge >= 0.3 is 5.97 Å². The van der Waals surface area contributed by atoms with E-state index in [2.05, 4.69) is 25.6 Å². The average Bonchev–Trinajstić information content (AvgIpc) is 3.69. The third-order valence-electron chi connectivity index (χ3n) is 6.95. The minimum Gasteiger partial charge on any atom is -0.480 e. The first-order valence-electron chi connectivity index (χ1n) is 13.5. The van der Waals surface area contributed by atoms with Gasteiger partial charge in [-0.25, -0.2) is 19.8 Å². The Morgan fingerprint density at radius 1 is 1.15 bits per heavy atom. The predicted molar refractivity (Wildman–Crippen MR) is 156 cm³/mol. The number of rotatable bonds is 11. The van der Waals surface area contributed by atoms with Crippen molar-refractivity contribution in [2.75, 3.05) is 18.5 Å². The Morgan fingerprint density at radius 3 is 2.66 bits per heavy atom. The molecule has 41 heavy (non-hydrogen) atoms. The van der Waals surface area contributed by atoms with Crippen LogP contribution in [0.15, 0.2) is 84.5 Å². The number of ether oxygens (including phenoxy) is 1. The van der Waals surface area contributed by atoms with Crippen molar-refractivity contribution in [2.24, 2.45) is 4.99 Å². The highest BCUT2D eigenvalue weighted by molar-refractivity contribution is 5.99. The van der Waals surface area contributed by atoms with Crippen LogP contribution in [-0.2, 0) is 22.4 Å². The lowest BCUT2D eigenvalue weighted by molar-refractivity contribution is -0.139. The molecule has 5 rings (SSSR count). The molecule has 1 amide bonds. The maximum atomic E-state index is 13.3. The maximum Gasteiger partial charge on any atom is 0.326 e. The Hall–Kier alpha value is -4.99. The van der Waals surface area contributed by atoms with E-state index in [0.29, 0.717) is 31.0 Å². The number of amides is 1. The molecule has 0 spiro atoms. The Kier molecular flexibility index (Phi) is 8.38. The summed E-state index contributed by atoms with van der Waals surface area (Å²) in [6.45, 7) is 4.89. The highest BCUT2D eigenvalue weighted by Crippen LogP contribution is 2.22. The standard InChI is InChI=1S/C31H32N6O4/c1-3-22-16-25(37-13-12-32-19-37)14-20(2)28(22)29(38)36-26(31(39)40)15-21-7-9-23(10-8-21)30-35-24(18-41-30)17-34-27-6-4-5-11-33-27/h4-14,16,19,24,26H,3,15,17-18H2,1-2H3,(H,33,34)(H,36,38)(H,39,40). The second-order valence-corrected chi connectivity index (χ2v) is 9.88. The van der Waals surface area contributed by atoms with Gasteiger partial charge in [0.15, 0.2) is 0 Å². The van der Waals surface area contributed by atoms with Crippen LogP contribution in [0, 0.1) is 6.92 Å². The van der Waals surface area contributed by atoms with Crippen molar-refractivity contribution in [1.82, 2.24) is 19.9 Å². The van der Waals surface area contributed by atoms with Gasteiger partial charge in [0.2, 0.25) is 5.90 Å². The zero-order chi connectivity index (χ0) is 28.8. The Bertz CT molecular complexity index is 1540. The Morgan fingerprint density at radius 2 is 1.98 bits per heavy atom. The topological polar surface area (TPSA) is 131 Å². The van der Waals surface area contributed by atoms with Crippen LogP contribution in [-0.4, -0.2) is 62.7 Å². The molecule has 3 N–H and O–H groups in total. The minimum absolute atomic E-state index is 0.0382. The largest absolute Gasteiger partial charge is 0.480 e. The van der Waals surface area contributed by atoms with E-state index in [1.54, 1.807) is 18.7 Å². The summed E-state index contributed by atoms with van der Waals surface area (Å²) in [7, 11) is 0. The number of aryl methyl sites for hydroxylation is 2. The first-order valence-corrected chi connectivity index (χ1v) is 13.5. The molecule has 0 fully saturated rings. The molecule has 1 aliphatic rings. The van der Waals surface area contributed by atoms with Crippen LogP contribution < -0.4 is 10.6 Å². The number of imidazole rings is 1. The highest BCUT2D eigenvalue weighted by atomic mass is 16.5. The van der Waals surface area contributed by atoms with E-state index in [-0.39, 0.29) is 12.5 Å². The predicted octanol–water partition coefficient (Wildman–Crippen LogP) is 3.82. The van der Waals surface area contributed by atoms with Gasteiger partial charge in [-0.05, 0) is 66.4 Å². The van der Waals surface area contributed by atoms with Gasteiger partial charge in [0.1, 0.15) is 24.5 Å². The van der Waals surface area contributed by atoms with Gasteiger partial charge in [0.05, 0.1) is 6.33 Å². The van der Waals surface area contributed by atoms with E-state index in [4.69, 9.17) is 4.74 Å². The van der Waals surface area contributed by atoms with E-state index >= 15 is 0 Å². The number of carbonyl (C=O) groups is 2. The van der Waals surface area contributed by atoms with Crippen LogP contribution in [0.2, 0.25) is 0 Å². The molecule has 0 aliphatic carbocycles. The zero-order valence-electron chi connectivity index (χ0n) is 22.9. The molecule has 2 aromatic carbocycles. The number of hydrogen-bond acceptors (Lipinski definition) is 7. The summed E-state index contributed by atoms with van der Waals surface area (Å²) in [5.74, 6) is -0.165. The van der Waals surface area contributed by atoms with E-state index < -0.39 is 17.9 Å². The van der Waals surface area contributed by atoms with Crippen LogP contribution in [0.4, 0.5) is 5.82 Å². The fourth-order valence-electron chi connectivity index (χ4n) is 4.82. The van der Waals surface area contributed by atoms with E-state index in [0.717, 1.165) is 33.8 Å². The third-order valence-corrected chi connectivity index (χ3v) is 6.95. The summed E-state index contributed by atoms with van der Waals surface area (Å²) in [5, 5.41) is 15.9. The van der Waals surface area contributed by atoms with Gasteiger partial charge in [-0.3, -0.25) is 4.79 Å². The molecule has 10 nitrogen and oxygen atoms in total. The van der Waals surface area contributed by atoms with Crippen molar-refractivity contribution in [3.63, 3.8) is 0 Å². The summed E-state index contributed by atoms with van der Waals surface area (Å²) >= 11 is 0. The molecule has 1 aliphatic heterocycles. The summed E-state index contributed by atoms with van der Waals surface area (Å²) in [4.78, 5) is 38.4. The molecule has 2 aromatic heterocycles. The number of aliphatic carboxylic acids is 1. The molecule has 2 unspecified atom stereocenters. The van der Waals surface area contributed by atoms with Gasteiger partial charge in [-0.1, -0.05) is 25.1 Å². The normalized spacial score (nSPS) is 15.1. The van der Waals surface area contributed by atoms with Gasteiger partial charge in [0.25, 0.3) is 5.91 Å². The quantitative estimate of drug-likeness (QED) is 0.258. The number of carbonyl (C=O) groups excluding carboxylic acids is 1. The fourth-order valence-corrected chi connectivity index (χ4v) is 4.82. The third kappa shape index (κ3) is 6.60. The maximum absolute atomic E-state index is 13.3. The van der Waals surface area contributed by atoms with Crippen molar-refractivity contribution >= 4 is 23.6 Å². The number of carboxylic acid groups (broad SMARTS) is 1. The number of hydrogen-bond donors (Lipinski definition) is 3. The van der Waals surface area contributed by atoms with Gasteiger partial charge in [-0.15, -0.1) is 0 Å². The lowest BCUT2D eigenvalue weighted by Gasteiger charge is -2.18. The van der Waals surface area contributed by atoms with Gasteiger partial charge in [0, 0.05) is 48.4 Å². The second kappa shape index (κ2) is 12.5. The van der Waals surface area contributed by atoms with Crippen LogP contribution in [0.25, 0.3) is 5.69 Å². The molecular weight excluding hydrogens is 520 g/mol. The summed E-state index contributed by atoms with van der Waals surface area (Å²) in [6.07, 6.45) is 7.72. The Labute approximate surface area is 238 Å². The summed E-state index contributed by atoms with van der Waals surface area (Å²) < 4.78 is 7.67.